The van der Waals surface area contributed by atoms with E-state index in [0.29, 0.717) is 18.9 Å². The Morgan fingerprint density at radius 3 is 2.61 bits per heavy atom. The molecule has 0 spiro atoms. The fraction of sp³-hybridized carbons (Fsp3) is 0.533. The van der Waals surface area contributed by atoms with Gasteiger partial charge in [-0.2, -0.15) is 0 Å². The van der Waals surface area contributed by atoms with E-state index in [1.165, 1.54) is 5.56 Å². The van der Waals surface area contributed by atoms with Gasteiger partial charge in [-0.15, -0.1) is 0 Å². The Balaban J connectivity index is 2.49. The highest BCUT2D eigenvalue weighted by molar-refractivity contribution is 5.91. The standard InChI is InChI=1S/C15H24N2O/c1-12(2)13-8-5-6-9-14(13)17-15(18)10-4-3-7-11-16/h5-6,8-9,12H,3-4,7,10-11,16H2,1-2H3,(H,17,18). The summed E-state index contributed by atoms with van der Waals surface area (Å²) in [6.45, 7) is 4.97. The number of hydrogen-bond donors (Lipinski definition) is 2. The van der Waals surface area contributed by atoms with Gasteiger partial charge in [0.25, 0.3) is 0 Å². The fourth-order valence-electron chi connectivity index (χ4n) is 1.93. The maximum absolute atomic E-state index is 11.8. The van der Waals surface area contributed by atoms with Gasteiger partial charge in [0, 0.05) is 12.1 Å². The molecule has 0 fully saturated rings. The molecular formula is C15H24N2O. The van der Waals surface area contributed by atoms with Crippen molar-refractivity contribution in [3.63, 3.8) is 0 Å². The topological polar surface area (TPSA) is 55.1 Å². The van der Waals surface area contributed by atoms with Crippen LogP contribution in [0.1, 0.15) is 51.0 Å². The van der Waals surface area contributed by atoms with Crippen LogP contribution in [0.2, 0.25) is 0 Å². The molecule has 1 amide bonds. The van der Waals surface area contributed by atoms with Gasteiger partial charge < -0.3 is 11.1 Å². The van der Waals surface area contributed by atoms with E-state index in [0.717, 1.165) is 24.9 Å². The van der Waals surface area contributed by atoms with Crippen LogP contribution in [0.4, 0.5) is 5.69 Å². The number of amides is 1. The lowest BCUT2D eigenvalue weighted by atomic mass is 10.0. The molecule has 0 saturated carbocycles. The van der Waals surface area contributed by atoms with E-state index >= 15 is 0 Å². The summed E-state index contributed by atoms with van der Waals surface area (Å²) in [5.74, 6) is 0.513. The monoisotopic (exact) mass is 248 g/mol. The second kappa shape index (κ2) is 7.88. The van der Waals surface area contributed by atoms with E-state index in [4.69, 9.17) is 5.73 Å². The molecule has 3 nitrogen and oxygen atoms in total. The lowest BCUT2D eigenvalue weighted by Gasteiger charge is -2.13. The van der Waals surface area contributed by atoms with Crippen LogP contribution in [-0.4, -0.2) is 12.5 Å². The van der Waals surface area contributed by atoms with E-state index in [1.807, 2.05) is 18.2 Å². The molecule has 3 N–H and O–H groups in total. The summed E-state index contributed by atoms with van der Waals surface area (Å²) < 4.78 is 0. The first-order valence-corrected chi connectivity index (χ1v) is 6.74. The number of hydrogen-bond acceptors (Lipinski definition) is 2. The molecule has 0 aromatic heterocycles. The Labute approximate surface area is 110 Å². The Morgan fingerprint density at radius 1 is 1.22 bits per heavy atom. The second-order valence-corrected chi connectivity index (χ2v) is 4.89. The number of para-hydroxylation sites is 1. The normalized spacial score (nSPS) is 10.7. The number of unbranched alkanes of at least 4 members (excludes halogenated alkanes) is 2. The molecule has 3 heteroatoms. The molecule has 0 unspecified atom stereocenters. The summed E-state index contributed by atoms with van der Waals surface area (Å²) >= 11 is 0. The quantitative estimate of drug-likeness (QED) is 0.728. The molecule has 0 aliphatic carbocycles. The molecule has 0 heterocycles. The molecule has 1 rings (SSSR count). The van der Waals surface area contributed by atoms with E-state index in [9.17, 15) is 4.79 Å². The first kappa shape index (κ1) is 14.7. The van der Waals surface area contributed by atoms with Gasteiger partial charge in [-0.3, -0.25) is 4.79 Å². The third kappa shape index (κ3) is 4.88. The van der Waals surface area contributed by atoms with Crippen molar-refractivity contribution in [1.29, 1.82) is 0 Å². The van der Waals surface area contributed by atoms with E-state index in [-0.39, 0.29) is 5.91 Å². The van der Waals surface area contributed by atoms with E-state index < -0.39 is 0 Å². The smallest absolute Gasteiger partial charge is 0.224 e. The Morgan fingerprint density at radius 2 is 1.94 bits per heavy atom. The number of nitrogens with two attached hydrogens (primary N) is 1. The largest absolute Gasteiger partial charge is 0.330 e. The average Bonchev–Trinajstić information content (AvgIpc) is 2.35. The maximum atomic E-state index is 11.8. The van der Waals surface area contributed by atoms with Crippen LogP contribution in [-0.2, 0) is 4.79 Å². The fourth-order valence-corrected chi connectivity index (χ4v) is 1.93. The van der Waals surface area contributed by atoms with Crippen LogP contribution < -0.4 is 11.1 Å². The minimum absolute atomic E-state index is 0.0973. The molecule has 1 aromatic rings. The molecule has 0 aliphatic rings. The zero-order chi connectivity index (χ0) is 13.4. The Kier molecular flexibility index (Phi) is 6.44. The minimum Gasteiger partial charge on any atom is -0.330 e. The molecule has 0 saturated heterocycles. The average molecular weight is 248 g/mol. The van der Waals surface area contributed by atoms with Crippen molar-refractivity contribution in [3.8, 4) is 0 Å². The number of carbonyl (C=O) groups is 1. The third-order valence-electron chi connectivity index (χ3n) is 2.96. The van der Waals surface area contributed by atoms with Gasteiger partial charge in [-0.25, -0.2) is 0 Å². The summed E-state index contributed by atoms with van der Waals surface area (Å²) in [7, 11) is 0. The number of nitrogens with one attached hydrogen (secondary N) is 1. The zero-order valence-electron chi connectivity index (χ0n) is 11.4. The summed E-state index contributed by atoms with van der Waals surface area (Å²) in [6, 6.07) is 7.99. The summed E-state index contributed by atoms with van der Waals surface area (Å²) in [6.07, 6.45) is 3.50. The molecule has 0 aliphatic heterocycles. The predicted octanol–water partition coefficient (Wildman–Crippen LogP) is 3.27. The van der Waals surface area contributed by atoms with Gasteiger partial charge in [-0.05, 0) is 36.9 Å². The van der Waals surface area contributed by atoms with Crippen LogP contribution in [0, 0.1) is 0 Å². The molecular weight excluding hydrogens is 224 g/mol. The Hall–Kier alpha value is -1.35. The summed E-state index contributed by atoms with van der Waals surface area (Å²) in [5.41, 5.74) is 7.55. The Bertz CT molecular complexity index is 375. The molecule has 18 heavy (non-hydrogen) atoms. The number of anilines is 1. The van der Waals surface area contributed by atoms with Crippen molar-refractivity contribution in [2.45, 2.75) is 45.4 Å². The predicted molar refractivity (Wildman–Crippen MR) is 76.7 cm³/mol. The van der Waals surface area contributed by atoms with Crippen LogP contribution in [0.15, 0.2) is 24.3 Å². The first-order valence-electron chi connectivity index (χ1n) is 6.74. The minimum atomic E-state index is 0.0973. The van der Waals surface area contributed by atoms with Crippen molar-refractivity contribution < 1.29 is 4.79 Å². The van der Waals surface area contributed by atoms with Crippen LogP contribution in [0.5, 0.6) is 0 Å². The van der Waals surface area contributed by atoms with Crippen molar-refractivity contribution in [1.82, 2.24) is 0 Å². The second-order valence-electron chi connectivity index (χ2n) is 4.89. The molecule has 0 atom stereocenters. The van der Waals surface area contributed by atoms with Crippen molar-refractivity contribution in [3.05, 3.63) is 29.8 Å². The number of carbonyl (C=O) groups excluding carboxylic acids is 1. The molecule has 0 radical (unpaired) electrons. The van der Waals surface area contributed by atoms with Crippen LogP contribution in [0.3, 0.4) is 0 Å². The number of benzene rings is 1. The highest BCUT2D eigenvalue weighted by atomic mass is 16.1. The van der Waals surface area contributed by atoms with Crippen molar-refractivity contribution in [2.24, 2.45) is 5.73 Å². The zero-order valence-corrected chi connectivity index (χ0v) is 11.4. The maximum Gasteiger partial charge on any atom is 0.224 e. The molecule has 1 aromatic carbocycles. The third-order valence-corrected chi connectivity index (χ3v) is 2.96. The summed E-state index contributed by atoms with van der Waals surface area (Å²) in [4.78, 5) is 11.8. The van der Waals surface area contributed by atoms with E-state index in [2.05, 4.69) is 25.2 Å². The van der Waals surface area contributed by atoms with Crippen LogP contribution >= 0.6 is 0 Å². The van der Waals surface area contributed by atoms with Gasteiger partial charge >= 0.3 is 0 Å². The molecule has 0 bridgehead atoms. The summed E-state index contributed by atoms with van der Waals surface area (Å²) in [5, 5.41) is 3.00. The SMILES string of the molecule is CC(C)c1ccccc1NC(=O)CCCCCN. The van der Waals surface area contributed by atoms with Crippen molar-refractivity contribution in [2.75, 3.05) is 11.9 Å². The number of rotatable bonds is 7. The van der Waals surface area contributed by atoms with Gasteiger partial charge in [0.15, 0.2) is 0 Å². The lowest BCUT2D eigenvalue weighted by Crippen LogP contribution is -2.13. The van der Waals surface area contributed by atoms with Crippen LogP contribution in [0.25, 0.3) is 0 Å². The first-order chi connectivity index (χ1) is 8.65. The van der Waals surface area contributed by atoms with Gasteiger partial charge in [-0.1, -0.05) is 38.5 Å². The van der Waals surface area contributed by atoms with Crippen molar-refractivity contribution >= 4 is 11.6 Å². The highest BCUT2D eigenvalue weighted by Crippen LogP contribution is 2.23. The van der Waals surface area contributed by atoms with E-state index in [1.54, 1.807) is 0 Å². The highest BCUT2D eigenvalue weighted by Gasteiger charge is 2.08. The lowest BCUT2D eigenvalue weighted by molar-refractivity contribution is -0.116. The van der Waals surface area contributed by atoms with Gasteiger partial charge in [0.05, 0.1) is 0 Å². The molecule has 100 valence electrons. The van der Waals surface area contributed by atoms with Gasteiger partial charge in [0.1, 0.15) is 0 Å². The van der Waals surface area contributed by atoms with Gasteiger partial charge in [0.2, 0.25) is 5.91 Å².